The summed E-state index contributed by atoms with van der Waals surface area (Å²) in [7, 11) is 1.52. The molecule has 0 saturated carbocycles. The summed E-state index contributed by atoms with van der Waals surface area (Å²) in [5.74, 6) is -0.167. The van der Waals surface area contributed by atoms with Crippen LogP contribution in [0.5, 0.6) is 11.5 Å². The molecule has 1 unspecified atom stereocenters. The fraction of sp³-hybridized carbons (Fsp3) is 0.652. The Labute approximate surface area is 190 Å². The highest BCUT2D eigenvalue weighted by molar-refractivity contribution is 5.99. The number of carbonyl (C=O) groups excluding carboxylic acids is 1. The molecule has 1 aromatic rings. The Morgan fingerprint density at radius 3 is 2.34 bits per heavy atom. The lowest BCUT2D eigenvalue weighted by molar-refractivity contribution is -0.144. The second-order valence-electron chi connectivity index (χ2n) is 7.56. The lowest BCUT2D eigenvalue weighted by Gasteiger charge is -2.31. The molecule has 1 aromatic carbocycles. The molecule has 2 saturated heterocycles. The van der Waals surface area contributed by atoms with Crippen LogP contribution >= 0.6 is 0 Å². The number of Topliss-reactive ketones (excluding diaryl/α,β-unsaturated/α-hetero) is 1. The molecule has 2 aliphatic rings. The van der Waals surface area contributed by atoms with Gasteiger partial charge in [-0.2, -0.15) is 0 Å². The van der Waals surface area contributed by atoms with E-state index in [9.17, 15) is 14.7 Å². The number of hydrogen-bond acceptors (Lipinski definition) is 8. The Balaban J connectivity index is 0.000000520. The predicted molar refractivity (Wildman–Crippen MR) is 120 cm³/mol. The molecule has 0 aromatic heterocycles. The van der Waals surface area contributed by atoms with E-state index < -0.39 is 12.0 Å². The highest BCUT2D eigenvalue weighted by Gasteiger charge is 2.30. The smallest absolute Gasteiger partial charge is 0.321 e. The number of ether oxygens (including phenoxy) is 4. The number of carbonyl (C=O) groups is 2. The lowest BCUT2D eigenvalue weighted by Crippen LogP contribution is -2.48. The van der Waals surface area contributed by atoms with Crippen molar-refractivity contribution < 1.29 is 33.6 Å². The first-order valence-electron chi connectivity index (χ1n) is 11.2. The quantitative estimate of drug-likeness (QED) is 0.406. The molecular weight excluding hydrogens is 416 g/mol. The van der Waals surface area contributed by atoms with Gasteiger partial charge in [0.25, 0.3) is 0 Å². The van der Waals surface area contributed by atoms with E-state index in [1.165, 1.54) is 7.11 Å². The molecule has 2 fully saturated rings. The van der Waals surface area contributed by atoms with Crippen molar-refractivity contribution in [2.45, 2.75) is 32.2 Å². The minimum atomic E-state index is -0.994. The Kier molecular flexibility index (Phi) is 12.0. The van der Waals surface area contributed by atoms with Gasteiger partial charge in [-0.3, -0.25) is 14.5 Å². The van der Waals surface area contributed by atoms with E-state index >= 15 is 0 Å². The molecule has 0 amide bonds. The van der Waals surface area contributed by atoms with Gasteiger partial charge in [0, 0.05) is 38.2 Å². The zero-order valence-corrected chi connectivity index (χ0v) is 19.1. The van der Waals surface area contributed by atoms with Crippen LogP contribution in [0.3, 0.4) is 0 Å². The monoisotopic (exact) mass is 452 g/mol. The van der Waals surface area contributed by atoms with Gasteiger partial charge in [-0.05, 0) is 24.6 Å². The van der Waals surface area contributed by atoms with Gasteiger partial charge in [0.15, 0.2) is 17.3 Å². The van der Waals surface area contributed by atoms with Crippen LogP contribution in [0.15, 0.2) is 18.2 Å². The van der Waals surface area contributed by atoms with E-state index in [0.29, 0.717) is 50.0 Å². The fourth-order valence-corrected chi connectivity index (χ4v) is 3.36. The number of benzene rings is 1. The number of carboxylic acid groups (broad SMARTS) is 1. The molecular formula is C23H36N2O7. The number of nitrogens with zero attached hydrogens (tertiary/aromatic N) is 1. The normalized spacial score (nSPS) is 17.6. The number of unbranched alkanes of at least 4 members (excludes halogenated alkanes) is 1. The first kappa shape index (κ1) is 26.1. The van der Waals surface area contributed by atoms with E-state index in [0.717, 1.165) is 39.1 Å². The van der Waals surface area contributed by atoms with Gasteiger partial charge >= 0.3 is 5.97 Å². The third-order valence-corrected chi connectivity index (χ3v) is 5.24. The zero-order valence-electron chi connectivity index (χ0n) is 19.1. The van der Waals surface area contributed by atoms with E-state index in [1.54, 1.807) is 23.1 Å². The third kappa shape index (κ3) is 8.74. The molecule has 9 nitrogen and oxygen atoms in total. The zero-order chi connectivity index (χ0) is 23.2. The molecule has 2 aliphatic heterocycles. The molecule has 0 bridgehead atoms. The first-order valence-corrected chi connectivity index (χ1v) is 11.2. The van der Waals surface area contributed by atoms with Gasteiger partial charge in [0.1, 0.15) is 6.04 Å². The van der Waals surface area contributed by atoms with Crippen molar-refractivity contribution >= 4 is 11.8 Å². The maximum absolute atomic E-state index is 12.6. The second-order valence-corrected chi connectivity index (χ2v) is 7.56. The van der Waals surface area contributed by atoms with E-state index in [2.05, 4.69) is 12.2 Å². The van der Waals surface area contributed by atoms with Crippen LogP contribution in [-0.4, -0.2) is 94.1 Å². The van der Waals surface area contributed by atoms with Gasteiger partial charge in [-0.25, -0.2) is 0 Å². The number of morpholine rings is 2. The average molecular weight is 453 g/mol. The summed E-state index contributed by atoms with van der Waals surface area (Å²) in [4.78, 5) is 26.0. The van der Waals surface area contributed by atoms with Gasteiger partial charge in [0.05, 0.1) is 40.1 Å². The largest absolute Gasteiger partial charge is 0.493 e. The summed E-state index contributed by atoms with van der Waals surface area (Å²) in [5, 5.41) is 12.7. The highest BCUT2D eigenvalue weighted by atomic mass is 16.5. The van der Waals surface area contributed by atoms with Crippen molar-refractivity contribution in [3.63, 3.8) is 0 Å². The van der Waals surface area contributed by atoms with Crippen molar-refractivity contribution in [2.75, 3.05) is 66.3 Å². The minimum absolute atomic E-state index is 0.0888. The molecule has 0 spiro atoms. The number of carboxylic acids is 1. The van der Waals surface area contributed by atoms with Gasteiger partial charge in [-0.15, -0.1) is 0 Å². The minimum Gasteiger partial charge on any atom is -0.493 e. The number of nitrogens with one attached hydrogen (secondary N) is 1. The molecule has 32 heavy (non-hydrogen) atoms. The predicted octanol–water partition coefficient (Wildman–Crippen LogP) is 1.84. The van der Waals surface area contributed by atoms with E-state index in [-0.39, 0.29) is 12.2 Å². The van der Waals surface area contributed by atoms with Crippen LogP contribution in [0.2, 0.25) is 0 Å². The summed E-state index contributed by atoms with van der Waals surface area (Å²) in [6, 6.07) is 4.12. The van der Waals surface area contributed by atoms with E-state index in [4.69, 9.17) is 18.9 Å². The van der Waals surface area contributed by atoms with Gasteiger partial charge in [0.2, 0.25) is 0 Å². The van der Waals surface area contributed by atoms with Gasteiger partial charge in [-0.1, -0.05) is 13.3 Å². The molecule has 1 atom stereocenters. The van der Waals surface area contributed by atoms with Crippen LogP contribution in [0.25, 0.3) is 0 Å². The maximum atomic E-state index is 12.6. The topological polar surface area (TPSA) is 107 Å². The van der Waals surface area contributed by atoms with Crippen LogP contribution in [0.4, 0.5) is 0 Å². The number of hydrogen-bond donors (Lipinski definition) is 2. The number of ketones is 1. The average Bonchev–Trinajstić information content (AvgIpc) is 2.84. The Bertz CT molecular complexity index is 692. The van der Waals surface area contributed by atoms with Crippen molar-refractivity contribution in [2.24, 2.45) is 0 Å². The molecule has 180 valence electrons. The third-order valence-electron chi connectivity index (χ3n) is 5.24. The summed E-state index contributed by atoms with van der Waals surface area (Å²) in [6.45, 7) is 8.48. The number of rotatable bonds is 10. The Hall–Kier alpha value is -2.20. The standard InChI is InChI=1S/C19H27NO6.C4H9NO/c1-3-4-9-26-17-6-5-14(12-18(17)24-2)16(21)13-15(19(22)23)20-7-10-25-11-8-20;1-3-6-4-2-5-1/h5-6,12,15H,3-4,7-11,13H2,1-2H3,(H,22,23);5H,1-4H2. The summed E-state index contributed by atoms with van der Waals surface area (Å²) < 4.78 is 21.2. The van der Waals surface area contributed by atoms with Crippen LogP contribution < -0.4 is 14.8 Å². The first-order chi connectivity index (χ1) is 15.6. The molecule has 0 radical (unpaired) electrons. The van der Waals surface area contributed by atoms with Crippen molar-refractivity contribution in [1.82, 2.24) is 10.2 Å². The van der Waals surface area contributed by atoms with Gasteiger partial charge < -0.3 is 29.4 Å². The van der Waals surface area contributed by atoms with Crippen molar-refractivity contribution in [1.29, 1.82) is 0 Å². The number of methoxy groups -OCH3 is 1. The molecule has 3 rings (SSSR count). The SMILES string of the molecule is C1COCCN1.CCCCOc1ccc(C(=O)CC(C(=O)O)N2CCOCC2)cc1OC. The summed E-state index contributed by atoms with van der Waals surface area (Å²) >= 11 is 0. The Morgan fingerprint density at radius 2 is 1.81 bits per heavy atom. The molecule has 0 aliphatic carbocycles. The summed E-state index contributed by atoms with van der Waals surface area (Å²) in [6.07, 6.45) is 1.87. The van der Waals surface area contributed by atoms with Crippen LogP contribution in [0, 0.1) is 0 Å². The van der Waals surface area contributed by atoms with Crippen LogP contribution in [0.1, 0.15) is 36.5 Å². The second kappa shape index (κ2) is 14.8. The summed E-state index contributed by atoms with van der Waals surface area (Å²) in [5.41, 5.74) is 0.421. The van der Waals surface area contributed by atoms with Crippen molar-refractivity contribution in [3.8, 4) is 11.5 Å². The Morgan fingerprint density at radius 1 is 1.12 bits per heavy atom. The number of aliphatic carboxylic acids is 1. The maximum Gasteiger partial charge on any atom is 0.321 e. The lowest BCUT2D eigenvalue weighted by atomic mass is 10.0. The molecule has 9 heteroatoms. The highest BCUT2D eigenvalue weighted by Crippen LogP contribution is 2.29. The molecule has 2 heterocycles. The van der Waals surface area contributed by atoms with E-state index in [1.807, 2.05) is 0 Å². The van der Waals surface area contributed by atoms with Crippen molar-refractivity contribution in [3.05, 3.63) is 23.8 Å². The fourth-order valence-electron chi connectivity index (χ4n) is 3.36. The van der Waals surface area contributed by atoms with Crippen LogP contribution in [-0.2, 0) is 14.3 Å². The molecule has 2 N–H and O–H groups in total.